The van der Waals surface area contributed by atoms with E-state index < -0.39 is 0 Å². The highest BCUT2D eigenvalue weighted by Gasteiger charge is 2.45. The Bertz CT molecular complexity index is 697. The topological polar surface area (TPSA) is 19.0 Å². The summed E-state index contributed by atoms with van der Waals surface area (Å²) >= 11 is 0. The maximum atomic E-state index is 4.47. The van der Waals surface area contributed by atoms with Crippen LogP contribution in [0.15, 0.2) is 30.8 Å². The molecule has 21 heavy (non-hydrogen) atoms. The number of aromatic amines is 1. The first-order valence-corrected chi connectivity index (χ1v) is 8.30. The van der Waals surface area contributed by atoms with Crippen LogP contribution in [0.25, 0.3) is 16.5 Å². The monoisotopic (exact) mass is 280 g/mol. The van der Waals surface area contributed by atoms with E-state index in [9.17, 15) is 0 Å². The molecule has 2 heteroatoms. The lowest BCUT2D eigenvalue weighted by Crippen LogP contribution is -2.45. The van der Waals surface area contributed by atoms with Gasteiger partial charge in [0.25, 0.3) is 0 Å². The molecule has 2 aromatic rings. The summed E-state index contributed by atoms with van der Waals surface area (Å²) < 4.78 is 0. The van der Waals surface area contributed by atoms with Crippen molar-refractivity contribution >= 4 is 16.5 Å². The maximum Gasteiger partial charge on any atom is 0.0469 e. The molecule has 0 spiro atoms. The molecule has 3 unspecified atom stereocenters. The summed E-state index contributed by atoms with van der Waals surface area (Å²) in [5.41, 5.74) is 5.46. The van der Waals surface area contributed by atoms with Gasteiger partial charge in [-0.3, -0.25) is 4.90 Å². The average Bonchev–Trinajstić information content (AvgIpc) is 2.91. The molecule has 1 aromatic carbocycles. The van der Waals surface area contributed by atoms with E-state index in [1.165, 1.54) is 47.1 Å². The van der Waals surface area contributed by atoms with Gasteiger partial charge in [0.15, 0.2) is 0 Å². The number of hydrogen-bond donors (Lipinski definition) is 1. The third-order valence-corrected chi connectivity index (χ3v) is 5.73. The Morgan fingerprint density at radius 1 is 1.29 bits per heavy atom. The molecule has 4 rings (SSSR count). The van der Waals surface area contributed by atoms with Gasteiger partial charge in [-0.15, -0.1) is 0 Å². The van der Waals surface area contributed by atoms with Crippen LogP contribution in [-0.2, 0) is 0 Å². The molecule has 0 radical (unpaired) electrons. The fraction of sp³-hybridized carbons (Fsp3) is 0.474. The molecule has 1 aliphatic carbocycles. The Morgan fingerprint density at radius 3 is 2.86 bits per heavy atom. The number of rotatable bonds is 2. The van der Waals surface area contributed by atoms with Crippen LogP contribution in [0.1, 0.15) is 44.0 Å². The number of piperidine rings is 1. The van der Waals surface area contributed by atoms with E-state index in [-0.39, 0.29) is 0 Å². The Labute approximate surface area is 126 Å². The number of nitrogens with one attached hydrogen (secondary N) is 1. The van der Waals surface area contributed by atoms with Crippen molar-refractivity contribution in [2.24, 2.45) is 11.8 Å². The Hall–Kier alpha value is -1.54. The predicted octanol–water partition coefficient (Wildman–Crippen LogP) is 4.60. The van der Waals surface area contributed by atoms with E-state index in [1.54, 1.807) is 0 Å². The summed E-state index contributed by atoms with van der Waals surface area (Å²) in [4.78, 5) is 6.33. The minimum Gasteiger partial charge on any atom is -0.355 e. The van der Waals surface area contributed by atoms with Crippen LogP contribution < -0.4 is 0 Å². The first kappa shape index (κ1) is 13.1. The van der Waals surface area contributed by atoms with Crippen molar-refractivity contribution in [2.75, 3.05) is 13.1 Å². The van der Waals surface area contributed by atoms with Gasteiger partial charge in [-0.1, -0.05) is 45.0 Å². The van der Waals surface area contributed by atoms with Crippen molar-refractivity contribution < 1.29 is 0 Å². The van der Waals surface area contributed by atoms with Gasteiger partial charge in [0, 0.05) is 28.2 Å². The minimum absolute atomic E-state index is 0.565. The van der Waals surface area contributed by atoms with Gasteiger partial charge in [0.2, 0.25) is 0 Å². The molecule has 3 atom stereocenters. The zero-order chi connectivity index (χ0) is 14.6. The van der Waals surface area contributed by atoms with Crippen LogP contribution in [0, 0.1) is 11.8 Å². The fourth-order valence-electron chi connectivity index (χ4n) is 4.75. The second kappa shape index (κ2) is 4.74. The number of likely N-dealkylation sites (tertiary alicyclic amines) is 1. The molecule has 0 amide bonds. The second-order valence-corrected chi connectivity index (χ2v) is 6.53. The quantitative estimate of drug-likeness (QED) is 0.851. The standard InChI is InChI=1S/C19H24N2/c1-4-13-14-10-11-21(5-2)19(13)17-15-8-6-7-9-16(15)20-18(17)12(14)3/h6-9,13-14,19-20H,3-5,10-11H2,1-2H3. The lowest BCUT2D eigenvalue weighted by atomic mass is 9.66. The van der Waals surface area contributed by atoms with Gasteiger partial charge in [0.05, 0.1) is 0 Å². The summed E-state index contributed by atoms with van der Waals surface area (Å²) in [5, 5.41) is 1.40. The second-order valence-electron chi connectivity index (χ2n) is 6.53. The van der Waals surface area contributed by atoms with Gasteiger partial charge in [0.1, 0.15) is 0 Å². The molecule has 1 N–H and O–H groups in total. The summed E-state index contributed by atoms with van der Waals surface area (Å²) in [6.45, 7) is 11.5. The van der Waals surface area contributed by atoms with Crippen LogP contribution >= 0.6 is 0 Å². The van der Waals surface area contributed by atoms with Crippen LogP contribution in [0.2, 0.25) is 0 Å². The van der Waals surface area contributed by atoms with Crippen molar-refractivity contribution in [2.45, 2.75) is 32.7 Å². The summed E-state index contributed by atoms with van der Waals surface area (Å²) in [6, 6.07) is 9.31. The Balaban J connectivity index is 2.00. The lowest BCUT2D eigenvalue weighted by Gasteiger charge is -2.49. The van der Waals surface area contributed by atoms with Crippen LogP contribution in [0.5, 0.6) is 0 Å². The zero-order valence-corrected chi connectivity index (χ0v) is 13.0. The van der Waals surface area contributed by atoms with E-state index in [1.807, 2.05) is 0 Å². The highest BCUT2D eigenvalue weighted by atomic mass is 15.2. The molecule has 1 saturated heterocycles. The van der Waals surface area contributed by atoms with E-state index >= 15 is 0 Å². The number of nitrogens with zero attached hydrogens (tertiary/aromatic N) is 1. The van der Waals surface area contributed by atoms with Gasteiger partial charge in [-0.2, -0.15) is 0 Å². The summed E-state index contributed by atoms with van der Waals surface area (Å²) in [6.07, 6.45) is 2.50. The zero-order valence-electron chi connectivity index (χ0n) is 13.0. The van der Waals surface area contributed by atoms with E-state index in [0.717, 1.165) is 12.5 Å². The number of para-hydroxylation sites is 1. The van der Waals surface area contributed by atoms with Crippen LogP contribution in [0.3, 0.4) is 0 Å². The molecule has 0 saturated carbocycles. The maximum absolute atomic E-state index is 4.47. The molecule has 1 aromatic heterocycles. The normalized spacial score (nSPS) is 28.9. The lowest BCUT2D eigenvalue weighted by molar-refractivity contribution is 0.0650. The van der Waals surface area contributed by atoms with Crippen molar-refractivity contribution in [3.8, 4) is 0 Å². The number of aromatic nitrogens is 1. The molecule has 2 heterocycles. The molecule has 2 bridgehead atoms. The van der Waals surface area contributed by atoms with E-state index in [0.29, 0.717) is 12.0 Å². The van der Waals surface area contributed by atoms with Gasteiger partial charge < -0.3 is 4.98 Å². The van der Waals surface area contributed by atoms with Gasteiger partial charge in [-0.25, -0.2) is 0 Å². The smallest absolute Gasteiger partial charge is 0.0469 e. The first-order valence-electron chi connectivity index (χ1n) is 8.30. The van der Waals surface area contributed by atoms with E-state index in [4.69, 9.17) is 0 Å². The first-order chi connectivity index (χ1) is 10.3. The molecular weight excluding hydrogens is 256 g/mol. The summed E-state index contributed by atoms with van der Waals surface area (Å²) in [5.74, 6) is 1.38. The fourth-order valence-corrected chi connectivity index (χ4v) is 4.75. The van der Waals surface area contributed by atoms with Crippen molar-refractivity contribution in [1.29, 1.82) is 0 Å². The molecule has 1 aliphatic heterocycles. The van der Waals surface area contributed by atoms with Crippen molar-refractivity contribution in [3.63, 3.8) is 0 Å². The van der Waals surface area contributed by atoms with Gasteiger partial charge in [-0.05, 0) is 43.0 Å². The molecule has 1 fully saturated rings. The van der Waals surface area contributed by atoms with Crippen LogP contribution in [0.4, 0.5) is 0 Å². The number of benzene rings is 1. The number of fused-ring (bicyclic) bond motifs is 6. The summed E-state index contributed by atoms with van der Waals surface area (Å²) in [7, 11) is 0. The molecule has 2 aliphatic rings. The molecule has 2 nitrogen and oxygen atoms in total. The van der Waals surface area contributed by atoms with Gasteiger partial charge >= 0.3 is 0 Å². The highest BCUT2D eigenvalue weighted by molar-refractivity contribution is 5.91. The number of allylic oxidation sites excluding steroid dienone is 1. The predicted molar refractivity (Wildman–Crippen MR) is 89.2 cm³/mol. The van der Waals surface area contributed by atoms with Crippen LogP contribution in [-0.4, -0.2) is 23.0 Å². The molecular formula is C19H24N2. The SMILES string of the molecule is C=C1c2[nH]c3ccccc3c2C2C(CC)C1CCN2CC. The van der Waals surface area contributed by atoms with E-state index in [2.05, 4.69) is 54.6 Å². The third-order valence-electron chi connectivity index (χ3n) is 5.73. The van der Waals surface area contributed by atoms with Crippen molar-refractivity contribution in [3.05, 3.63) is 42.1 Å². The Morgan fingerprint density at radius 2 is 2.10 bits per heavy atom. The number of hydrogen-bond acceptors (Lipinski definition) is 1. The minimum atomic E-state index is 0.565. The average molecular weight is 280 g/mol. The largest absolute Gasteiger partial charge is 0.355 e. The third kappa shape index (κ3) is 1.69. The molecule has 110 valence electrons. The Kier molecular flexibility index (Phi) is 2.97. The van der Waals surface area contributed by atoms with Crippen molar-refractivity contribution in [1.82, 2.24) is 9.88 Å². The highest BCUT2D eigenvalue weighted by Crippen LogP contribution is 2.53. The number of H-pyrrole nitrogens is 1.